The smallest absolute Gasteiger partial charge is 0.244 e. The summed E-state index contributed by atoms with van der Waals surface area (Å²) >= 11 is 5.70. The summed E-state index contributed by atoms with van der Waals surface area (Å²) in [7, 11) is 1.59. The molecule has 1 N–H and O–H groups in total. The summed E-state index contributed by atoms with van der Waals surface area (Å²) < 4.78 is 6.34. The van der Waals surface area contributed by atoms with E-state index < -0.39 is 0 Å². The van der Waals surface area contributed by atoms with Crippen molar-refractivity contribution in [3.8, 4) is 0 Å². The Morgan fingerprint density at radius 2 is 2.53 bits per heavy atom. The van der Waals surface area contributed by atoms with E-state index in [-0.39, 0.29) is 11.9 Å². The van der Waals surface area contributed by atoms with Crippen LogP contribution in [0.4, 0.5) is 0 Å². The molecule has 1 rings (SSSR count). The van der Waals surface area contributed by atoms with E-state index in [0.717, 1.165) is 0 Å². The molecule has 1 aromatic heterocycles. The van der Waals surface area contributed by atoms with Crippen LogP contribution in [-0.4, -0.2) is 35.9 Å². The molecule has 5 nitrogen and oxygen atoms in total. The number of nitrogens with one attached hydrogen (secondary N) is 1. The van der Waals surface area contributed by atoms with Gasteiger partial charge in [0, 0.05) is 19.9 Å². The van der Waals surface area contributed by atoms with Crippen molar-refractivity contribution < 1.29 is 9.53 Å². The average Bonchev–Trinajstić information content (AvgIpc) is 2.64. The van der Waals surface area contributed by atoms with Gasteiger partial charge in [-0.05, 0) is 6.92 Å². The first kappa shape index (κ1) is 12.0. The van der Waals surface area contributed by atoms with Crippen molar-refractivity contribution in [1.29, 1.82) is 0 Å². The third kappa shape index (κ3) is 3.53. The zero-order valence-corrected chi connectivity index (χ0v) is 9.49. The van der Waals surface area contributed by atoms with Gasteiger partial charge in [0.1, 0.15) is 6.04 Å². The number of amides is 1. The Kier molecular flexibility index (Phi) is 4.58. The molecule has 6 heteroatoms. The topological polar surface area (TPSA) is 56.1 Å². The van der Waals surface area contributed by atoms with Crippen LogP contribution in [0.2, 0.25) is 5.02 Å². The maximum Gasteiger partial charge on any atom is 0.244 e. The molecule has 0 aliphatic rings. The minimum absolute atomic E-state index is 0.105. The number of carbonyl (C=O) groups excluding carboxylic acids is 1. The van der Waals surface area contributed by atoms with Crippen LogP contribution in [-0.2, 0) is 9.53 Å². The number of rotatable bonds is 5. The highest BCUT2D eigenvalue weighted by atomic mass is 35.5. The van der Waals surface area contributed by atoms with Gasteiger partial charge in [-0.2, -0.15) is 5.10 Å². The summed E-state index contributed by atoms with van der Waals surface area (Å²) in [5.74, 6) is -0.105. The van der Waals surface area contributed by atoms with E-state index in [1.807, 2.05) is 0 Å². The molecule has 0 aliphatic carbocycles. The largest absolute Gasteiger partial charge is 0.383 e. The minimum Gasteiger partial charge on any atom is -0.383 e. The number of halogens is 1. The second-order valence-corrected chi connectivity index (χ2v) is 3.53. The average molecular weight is 232 g/mol. The third-order valence-corrected chi connectivity index (χ3v) is 2.15. The Morgan fingerprint density at radius 3 is 3.07 bits per heavy atom. The summed E-state index contributed by atoms with van der Waals surface area (Å²) in [5, 5.41) is 7.20. The standard InChI is InChI=1S/C9H14ClN3O2/c1-7(9(14)11-3-4-15-2)13-6-8(10)5-12-13/h5-7H,3-4H2,1-2H3,(H,11,14). The second-order valence-electron chi connectivity index (χ2n) is 3.10. The van der Waals surface area contributed by atoms with Crippen LogP contribution >= 0.6 is 11.6 Å². The lowest BCUT2D eigenvalue weighted by atomic mass is 10.3. The summed E-state index contributed by atoms with van der Waals surface area (Å²) in [6.07, 6.45) is 3.11. The molecule has 0 aromatic carbocycles. The fourth-order valence-corrected chi connectivity index (χ4v) is 1.21. The van der Waals surface area contributed by atoms with Gasteiger partial charge in [-0.15, -0.1) is 0 Å². The van der Waals surface area contributed by atoms with E-state index >= 15 is 0 Å². The Balaban J connectivity index is 2.46. The molecule has 15 heavy (non-hydrogen) atoms. The van der Waals surface area contributed by atoms with Crippen LogP contribution in [0.25, 0.3) is 0 Å². The number of hydrogen-bond donors (Lipinski definition) is 1. The van der Waals surface area contributed by atoms with Crippen molar-refractivity contribution in [3.63, 3.8) is 0 Å². The van der Waals surface area contributed by atoms with E-state index in [0.29, 0.717) is 18.2 Å². The molecule has 0 spiro atoms. The van der Waals surface area contributed by atoms with Gasteiger partial charge in [-0.1, -0.05) is 11.6 Å². The molecule has 1 heterocycles. The molecule has 0 radical (unpaired) electrons. The normalized spacial score (nSPS) is 12.5. The lowest BCUT2D eigenvalue weighted by molar-refractivity contribution is -0.124. The lowest BCUT2D eigenvalue weighted by Crippen LogP contribution is -2.33. The lowest BCUT2D eigenvalue weighted by Gasteiger charge is -2.11. The highest BCUT2D eigenvalue weighted by Gasteiger charge is 2.14. The maximum atomic E-state index is 11.6. The first-order chi connectivity index (χ1) is 7.15. The first-order valence-corrected chi connectivity index (χ1v) is 4.99. The Hall–Kier alpha value is -1.07. The van der Waals surface area contributed by atoms with Gasteiger partial charge < -0.3 is 10.1 Å². The Bertz CT molecular complexity index is 327. The number of ether oxygens (including phenoxy) is 1. The maximum absolute atomic E-state index is 11.6. The van der Waals surface area contributed by atoms with E-state index in [1.54, 1.807) is 20.2 Å². The van der Waals surface area contributed by atoms with Crippen molar-refractivity contribution in [3.05, 3.63) is 17.4 Å². The predicted octanol–water partition coefficient (Wildman–Crippen LogP) is 0.860. The zero-order chi connectivity index (χ0) is 11.3. The van der Waals surface area contributed by atoms with Gasteiger partial charge in [0.25, 0.3) is 0 Å². The number of aromatic nitrogens is 2. The SMILES string of the molecule is COCCNC(=O)C(C)n1cc(Cl)cn1. The summed E-state index contributed by atoms with van der Waals surface area (Å²) in [5.41, 5.74) is 0. The summed E-state index contributed by atoms with van der Waals surface area (Å²) in [4.78, 5) is 11.6. The molecule has 1 aromatic rings. The summed E-state index contributed by atoms with van der Waals surface area (Å²) in [6, 6.07) is -0.366. The molecule has 1 amide bonds. The molecule has 84 valence electrons. The predicted molar refractivity (Wildman–Crippen MR) is 56.8 cm³/mol. The quantitative estimate of drug-likeness (QED) is 0.765. The Morgan fingerprint density at radius 1 is 1.80 bits per heavy atom. The molecular weight excluding hydrogens is 218 g/mol. The van der Waals surface area contributed by atoms with E-state index in [2.05, 4.69) is 10.4 Å². The van der Waals surface area contributed by atoms with Gasteiger partial charge in [0.05, 0.1) is 17.8 Å². The van der Waals surface area contributed by atoms with Crippen molar-refractivity contribution in [2.45, 2.75) is 13.0 Å². The highest BCUT2D eigenvalue weighted by molar-refractivity contribution is 6.30. The van der Waals surface area contributed by atoms with Crippen molar-refractivity contribution in [1.82, 2.24) is 15.1 Å². The zero-order valence-electron chi connectivity index (χ0n) is 8.74. The van der Waals surface area contributed by atoms with Crippen LogP contribution < -0.4 is 5.32 Å². The van der Waals surface area contributed by atoms with Crippen molar-refractivity contribution in [2.24, 2.45) is 0 Å². The highest BCUT2D eigenvalue weighted by Crippen LogP contribution is 2.10. The number of hydrogen-bond acceptors (Lipinski definition) is 3. The molecule has 1 atom stereocenters. The number of methoxy groups -OCH3 is 1. The van der Waals surface area contributed by atoms with E-state index in [4.69, 9.17) is 16.3 Å². The van der Waals surface area contributed by atoms with Gasteiger partial charge in [-0.25, -0.2) is 0 Å². The van der Waals surface area contributed by atoms with Crippen LogP contribution in [0.5, 0.6) is 0 Å². The van der Waals surface area contributed by atoms with Gasteiger partial charge in [0.2, 0.25) is 5.91 Å². The molecule has 0 fully saturated rings. The third-order valence-electron chi connectivity index (χ3n) is 1.95. The molecule has 0 aliphatic heterocycles. The van der Waals surface area contributed by atoms with Crippen LogP contribution in [0, 0.1) is 0 Å². The van der Waals surface area contributed by atoms with E-state index in [9.17, 15) is 4.79 Å². The molecule has 1 unspecified atom stereocenters. The second kappa shape index (κ2) is 5.72. The van der Waals surface area contributed by atoms with Gasteiger partial charge in [-0.3, -0.25) is 9.48 Å². The minimum atomic E-state index is -0.366. The fraction of sp³-hybridized carbons (Fsp3) is 0.556. The monoisotopic (exact) mass is 231 g/mol. The molecule has 0 saturated heterocycles. The van der Waals surface area contributed by atoms with Crippen molar-refractivity contribution >= 4 is 17.5 Å². The number of nitrogens with zero attached hydrogens (tertiary/aromatic N) is 2. The molecular formula is C9H14ClN3O2. The van der Waals surface area contributed by atoms with E-state index in [1.165, 1.54) is 10.9 Å². The van der Waals surface area contributed by atoms with Crippen LogP contribution in [0.15, 0.2) is 12.4 Å². The van der Waals surface area contributed by atoms with Crippen molar-refractivity contribution in [2.75, 3.05) is 20.3 Å². The van der Waals surface area contributed by atoms with Crippen LogP contribution in [0.3, 0.4) is 0 Å². The fourth-order valence-electron chi connectivity index (χ4n) is 1.07. The van der Waals surface area contributed by atoms with Gasteiger partial charge in [0.15, 0.2) is 0 Å². The number of carbonyl (C=O) groups is 1. The van der Waals surface area contributed by atoms with Gasteiger partial charge >= 0.3 is 0 Å². The van der Waals surface area contributed by atoms with Crippen LogP contribution in [0.1, 0.15) is 13.0 Å². The molecule has 0 bridgehead atoms. The molecule has 0 saturated carbocycles. The summed E-state index contributed by atoms with van der Waals surface area (Å²) in [6.45, 7) is 2.75. The first-order valence-electron chi connectivity index (χ1n) is 4.61. The Labute approximate surface area is 93.4 Å².